The van der Waals surface area contributed by atoms with Crippen molar-refractivity contribution >= 4 is 51.2 Å². The number of nitrogens with zero attached hydrogens (tertiary/aromatic N) is 3. The molecule has 0 aliphatic rings. The lowest BCUT2D eigenvalue weighted by atomic mass is 10.2. The van der Waals surface area contributed by atoms with Gasteiger partial charge in [-0.3, -0.25) is 0 Å². The Morgan fingerprint density at radius 1 is 1.06 bits per heavy atom. The molecule has 0 aliphatic heterocycles. The van der Waals surface area contributed by atoms with Gasteiger partial charge >= 0.3 is 0 Å². The van der Waals surface area contributed by atoms with Crippen LogP contribution in [0.25, 0.3) is 10.9 Å². The first-order valence-corrected chi connectivity index (χ1v) is 10.3. The third-order valence-corrected chi connectivity index (χ3v) is 5.34. The van der Waals surface area contributed by atoms with E-state index in [-0.39, 0.29) is 11.0 Å². The SMILES string of the molecule is COc1ccc(NC(=S)N=Nc2c(O)n(Cc3ccccc3Cl)c3ccccc23)cc1. The lowest BCUT2D eigenvalue weighted by Gasteiger charge is -2.08. The largest absolute Gasteiger partial charge is 0.497 e. The minimum Gasteiger partial charge on any atom is -0.497 e. The number of hydrogen-bond donors (Lipinski definition) is 2. The molecule has 4 aromatic rings. The number of halogens is 1. The number of thiocarbonyl (C=S) groups is 1. The molecule has 0 amide bonds. The van der Waals surface area contributed by atoms with Gasteiger partial charge in [-0.1, -0.05) is 48.0 Å². The Kier molecular flexibility index (Phi) is 6.16. The first-order valence-electron chi connectivity index (χ1n) is 9.47. The van der Waals surface area contributed by atoms with Crippen molar-refractivity contribution in [3.8, 4) is 11.6 Å². The smallest absolute Gasteiger partial charge is 0.221 e. The number of rotatable bonds is 5. The number of nitrogens with one attached hydrogen (secondary N) is 1. The molecule has 6 nitrogen and oxygen atoms in total. The van der Waals surface area contributed by atoms with Crippen LogP contribution in [0, 0.1) is 0 Å². The number of aromatic nitrogens is 1. The van der Waals surface area contributed by atoms with Crippen LogP contribution in [0.4, 0.5) is 11.4 Å². The minimum atomic E-state index is -0.00267. The minimum absolute atomic E-state index is 0.00267. The predicted molar refractivity (Wildman–Crippen MR) is 128 cm³/mol. The van der Waals surface area contributed by atoms with E-state index in [0.717, 1.165) is 27.9 Å². The van der Waals surface area contributed by atoms with Gasteiger partial charge in [-0.2, -0.15) is 0 Å². The molecule has 0 unspecified atom stereocenters. The summed E-state index contributed by atoms with van der Waals surface area (Å²) in [7, 11) is 1.61. The Labute approximate surface area is 189 Å². The maximum Gasteiger partial charge on any atom is 0.221 e. The monoisotopic (exact) mass is 450 g/mol. The first-order chi connectivity index (χ1) is 15.1. The number of ether oxygens (including phenoxy) is 1. The number of hydrogen-bond acceptors (Lipinski definition) is 4. The topological polar surface area (TPSA) is 71.1 Å². The standard InChI is InChI=1S/C23H19ClN4O2S/c1-30-17-12-10-16(11-13-17)25-23(31)27-26-21-18-7-3-5-9-20(18)28(22(21)29)14-15-6-2-4-8-19(15)24/h2-13,29H,14H2,1H3,(H,25,31). The maximum atomic E-state index is 10.9. The van der Waals surface area contributed by atoms with Gasteiger partial charge in [0.1, 0.15) is 5.75 Å². The summed E-state index contributed by atoms with van der Waals surface area (Å²) in [5.74, 6) is 0.742. The van der Waals surface area contributed by atoms with E-state index in [9.17, 15) is 5.11 Å². The lowest BCUT2D eigenvalue weighted by Crippen LogP contribution is -2.04. The first kappa shape index (κ1) is 20.8. The molecule has 31 heavy (non-hydrogen) atoms. The number of aromatic hydroxyl groups is 1. The fourth-order valence-electron chi connectivity index (χ4n) is 3.25. The van der Waals surface area contributed by atoms with Gasteiger partial charge in [0.2, 0.25) is 11.0 Å². The van der Waals surface area contributed by atoms with Crippen molar-refractivity contribution in [2.45, 2.75) is 6.54 Å². The summed E-state index contributed by atoms with van der Waals surface area (Å²) in [6, 6.07) is 22.4. The van der Waals surface area contributed by atoms with Gasteiger partial charge in [0.05, 0.1) is 19.2 Å². The van der Waals surface area contributed by atoms with Crippen molar-refractivity contribution in [2.24, 2.45) is 10.2 Å². The van der Waals surface area contributed by atoms with Crippen LogP contribution in [-0.2, 0) is 6.54 Å². The van der Waals surface area contributed by atoms with Crippen LogP contribution in [0.2, 0.25) is 5.02 Å². The summed E-state index contributed by atoms with van der Waals surface area (Å²) in [5, 5.41) is 23.8. The predicted octanol–water partition coefficient (Wildman–Crippen LogP) is 6.54. The van der Waals surface area contributed by atoms with Crippen LogP contribution in [0.3, 0.4) is 0 Å². The zero-order valence-corrected chi connectivity index (χ0v) is 18.2. The summed E-state index contributed by atoms with van der Waals surface area (Å²) in [4.78, 5) is 0. The number of azo groups is 1. The molecular formula is C23H19ClN4O2S. The molecule has 0 bridgehead atoms. The van der Waals surface area contributed by atoms with Crippen LogP contribution < -0.4 is 10.1 Å². The molecule has 0 aliphatic carbocycles. The van der Waals surface area contributed by atoms with Crippen LogP contribution in [0.1, 0.15) is 5.56 Å². The number of anilines is 1. The summed E-state index contributed by atoms with van der Waals surface area (Å²) in [6.45, 7) is 0.399. The van der Waals surface area contributed by atoms with E-state index in [4.69, 9.17) is 28.6 Å². The van der Waals surface area contributed by atoms with Gasteiger partial charge < -0.3 is 19.7 Å². The molecule has 0 saturated carbocycles. The summed E-state index contributed by atoms with van der Waals surface area (Å²) >= 11 is 11.6. The van der Waals surface area contributed by atoms with E-state index in [1.807, 2.05) is 72.8 Å². The van der Waals surface area contributed by atoms with Gasteiger partial charge in [0.15, 0.2) is 5.69 Å². The molecule has 3 aromatic carbocycles. The molecule has 0 saturated heterocycles. The zero-order valence-electron chi connectivity index (χ0n) is 16.6. The molecular weight excluding hydrogens is 432 g/mol. The summed E-state index contributed by atoms with van der Waals surface area (Å²) in [5.41, 5.74) is 2.82. The molecule has 1 heterocycles. The Hall–Kier alpha value is -3.42. The third-order valence-electron chi connectivity index (χ3n) is 4.79. The van der Waals surface area contributed by atoms with Crippen molar-refractivity contribution in [3.63, 3.8) is 0 Å². The Balaban J connectivity index is 1.62. The molecule has 156 valence electrons. The molecule has 1 aromatic heterocycles. The van der Waals surface area contributed by atoms with Gasteiger partial charge in [0.25, 0.3) is 0 Å². The molecule has 0 spiro atoms. The second-order valence-electron chi connectivity index (χ2n) is 6.73. The Bertz CT molecular complexity index is 1270. The lowest BCUT2D eigenvalue weighted by molar-refractivity contribution is 0.415. The summed E-state index contributed by atoms with van der Waals surface area (Å²) in [6.07, 6.45) is 0. The van der Waals surface area contributed by atoms with E-state index in [1.54, 1.807) is 11.7 Å². The van der Waals surface area contributed by atoms with E-state index in [1.165, 1.54) is 0 Å². The Morgan fingerprint density at radius 2 is 1.77 bits per heavy atom. The number of methoxy groups -OCH3 is 1. The number of fused-ring (bicyclic) bond motifs is 1. The highest BCUT2D eigenvalue weighted by atomic mass is 35.5. The molecule has 0 atom stereocenters. The van der Waals surface area contributed by atoms with Crippen molar-refractivity contribution in [1.82, 2.24) is 4.57 Å². The molecule has 0 radical (unpaired) electrons. The van der Waals surface area contributed by atoms with E-state index < -0.39 is 0 Å². The van der Waals surface area contributed by atoms with Crippen LogP contribution in [0.15, 0.2) is 83.0 Å². The molecule has 4 rings (SSSR count). The van der Waals surface area contributed by atoms with Crippen molar-refractivity contribution in [3.05, 3.63) is 83.4 Å². The second kappa shape index (κ2) is 9.16. The molecule has 2 N–H and O–H groups in total. The van der Waals surface area contributed by atoms with Crippen molar-refractivity contribution in [1.29, 1.82) is 0 Å². The third kappa shape index (κ3) is 4.52. The number of para-hydroxylation sites is 1. The van der Waals surface area contributed by atoms with Gasteiger partial charge in [-0.15, -0.1) is 10.2 Å². The average molecular weight is 451 g/mol. The van der Waals surface area contributed by atoms with Gasteiger partial charge in [-0.25, -0.2) is 0 Å². The van der Waals surface area contributed by atoms with E-state index in [2.05, 4.69) is 15.5 Å². The fourth-order valence-corrected chi connectivity index (χ4v) is 3.60. The second-order valence-corrected chi connectivity index (χ2v) is 7.52. The quantitative estimate of drug-likeness (QED) is 0.267. The Morgan fingerprint density at radius 3 is 2.52 bits per heavy atom. The van der Waals surface area contributed by atoms with Crippen molar-refractivity contribution in [2.75, 3.05) is 12.4 Å². The average Bonchev–Trinajstić information content (AvgIpc) is 3.05. The highest BCUT2D eigenvalue weighted by Crippen LogP contribution is 2.39. The highest BCUT2D eigenvalue weighted by molar-refractivity contribution is 7.80. The van der Waals surface area contributed by atoms with E-state index >= 15 is 0 Å². The van der Waals surface area contributed by atoms with Crippen LogP contribution >= 0.6 is 23.8 Å². The highest BCUT2D eigenvalue weighted by Gasteiger charge is 2.17. The number of benzene rings is 3. The van der Waals surface area contributed by atoms with Crippen molar-refractivity contribution < 1.29 is 9.84 Å². The fraction of sp³-hybridized carbons (Fsp3) is 0.0870. The maximum absolute atomic E-state index is 10.9. The van der Waals surface area contributed by atoms with E-state index in [0.29, 0.717) is 17.3 Å². The van der Waals surface area contributed by atoms with Gasteiger partial charge in [-0.05, 0) is 54.2 Å². The molecule has 8 heteroatoms. The normalized spacial score (nSPS) is 11.2. The zero-order chi connectivity index (χ0) is 21.8. The summed E-state index contributed by atoms with van der Waals surface area (Å²) < 4.78 is 6.90. The van der Waals surface area contributed by atoms with Gasteiger partial charge in [0, 0.05) is 16.1 Å². The van der Waals surface area contributed by atoms with Crippen LogP contribution in [-0.4, -0.2) is 21.9 Å². The van der Waals surface area contributed by atoms with Crippen LogP contribution in [0.5, 0.6) is 11.6 Å². The molecule has 0 fully saturated rings.